The van der Waals surface area contributed by atoms with E-state index in [0.29, 0.717) is 23.0 Å². The van der Waals surface area contributed by atoms with Gasteiger partial charge in [-0.2, -0.15) is 0 Å². The van der Waals surface area contributed by atoms with E-state index >= 15 is 0 Å². The Kier molecular flexibility index (Phi) is 5.32. The Morgan fingerprint density at radius 2 is 1.56 bits per heavy atom. The summed E-state index contributed by atoms with van der Waals surface area (Å²) in [7, 11) is 6.14. The molecule has 0 unspecified atom stereocenters. The van der Waals surface area contributed by atoms with Crippen LogP contribution < -0.4 is 18.9 Å². The van der Waals surface area contributed by atoms with Crippen molar-refractivity contribution in [2.45, 2.75) is 0 Å². The van der Waals surface area contributed by atoms with E-state index in [4.69, 9.17) is 24.1 Å². The molecule has 0 spiro atoms. The number of aliphatic hydroxyl groups excluding tert-OH is 1. The molecule has 0 saturated carbocycles. The van der Waals surface area contributed by atoms with Crippen molar-refractivity contribution in [3.63, 3.8) is 0 Å². The van der Waals surface area contributed by atoms with Crippen LogP contribution in [0.3, 0.4) is 0 Å². The third kappa shape index (κ3) is 2.68. The standard InChI is InChI=1S/C13H18O5/c1-15-10-8-9(6-5-7-14)11(16-2)13(18-4)12(10)17-3/h5-6,8,14H,7H2,1-4H3. The highest BCUT2D eigenvalue weighted by Gasteiger charge is 2.20. The fraction of sp³-hybridized carbons (Fsp3) is 0.385. The zero-order chi connectivity index (χ0) is 13.5. The molecule has 18 heavy (non-hydrogen) atoms. The Morgan fingerprint density at radius 1 is 0.944 bits per heavy atom. The Morgan fingerprint density at radius 3 is 2.00 bits per heavy atom. The summed E-state index contributed by atoms with van der Waals surface area (Å²) in [6.45, 7) is -0.0557. The predicted octanol–water partition coefficient (Wildman–Crippen LogP) is 1.73. The van der Waals surface area contributed by atoms with Crippen LogP contribution in [0.1, 0.15) is 5.56 Å². The van der Waals surface area contributed by atoms with E-state index in [2.05, 4.69) is 0 Å². The normalized spacial score (nSPS) is 10.5. The molecular weight excluding hydrogens is 236 g/mol. The molecular formula is C13H18O5. The Balaban J connectivity index is 3.47. The lowest BCUT2D eigenvalue weighted by Crippen LogP contribution is -1.99. The Bertz CT molecular complexity index is 426. The van der Waals surface area contributed by atoms with E-state index in [9.17, 15) is 0 Å². The molecule has 0 aliphatic rings. The van der Waals surface area contributed by atoms with E-state index in [0.717, 1.165) is 5.56 Å². The first-order chi connectivity index (χ1) is 8.73. The van der Waals surface area contributed by atoms with Gasteiger partial charge in [0.25, 0.3) is 0 Å². The molecule has 0 amide bonds. The molecule has 100 valence electrons. The number of hydrogen-bond acceptors (Lipinski definition) is 5. The molecule has 0 aliphatic heterocycles. The van der Waals surface area contributed by atoms with E-state index in [1.54, 1.807) is 32.4 Å². The van der Waals surface area contributed by atoms with Crippen LogP contribution >= 0.6 is 0 Å². The van der Waals surface area contributed by atoms with Gasteiger partial charge in [-0.25, -0.2) is 0 Å². The fourth-order valence-electron chi connectivity index (χ4n) is 1.66. The number of benzene rings is 1. The number of aliphatic hydroxyl groups is 1. The second kappa shape index (κ2) is 6.76. The van der Waals surface area contributed by atoms with Gasteiger partial charge in [-0.05, 0) is 6.07 Å². The average Bonchev–Trinajstić information content (AvgIpc) is 2.42. The number of methoxy groups -OCH3 is 4. The van der Waals surface area contributed by atoms with E-state index in [-0.39, 0.29) is 6.61 Å². The van der Waals surface area contributed by atoms with Crippen molar-refractivity contribution in [1.29, 1.82) is 0 Å². The first-order valence-corrected chi connectivity index (χ1v) is 5.37. The highest BCUT2D eigenvalue weighted by molar-refractivity contribution is 5.71. The molecule has 0 aliphatic carbocycles. The monoisotopic (exact) mass is 254 g/mol. The first kappa shape index (κ1) is 14.2. The summed E-state index contributed by atoms with van der Waals surface area (Å²) >= 11 is 0. The predicted molar refractivity (Wildman–Crippen MR) is 68.8 cm³/mol. The molecule has 0 saturated heterocycles. The van der Waals surface area contributed by atoms with Crippen molar-refractivity contribution < 1.29 is 24.1 Å². The zero-order valence-corrected chi connectivity index (χ0v) is 11.0. The van der Waals surface area contributed by atoms with E-state index < -0.39 is 0 Å². The summed E-state index contributed by atoms with van der Waals surface area (Å²) in [5, 5.41) is 8.83. The molecule has 1 aromatic rings. The van der Waals surface area contributed by atoms with Crippen LogP contribution in [0.2, 0.25) is 0 Å². The molecule has 0 atom stereocenters. The first-order valence-electron chi connectivity index (χ1n) is 5.37. The maximum atomic E-state index is 8.83. The fourth-order valence-corrected chi connectivity index (χ4v) is 1.66. The molecule has 5 heteroatoms. The van der Waals surface area contributed by atoms with Gasteiger partial charge < -0.3 is 24.1 Å². The molecule has 1 aromatic carbocycles. The minimum atomic E-state index is -0.0557. The van der Waals surface area contributed by atoms with Crippen LogP contribution in [-0.4, -0.2) is 40.2 Å². The van der Waals surface area contributed by atoms with Crippen molar-refractivity contribution >= 4 is 6.08 Å². The molecule has 0 fully saturated rings. The van der Waals surface area contributed by atoms with Crippen LogP contribution in [0.15, 0.2) is 12.1 Å². The van der Waals surface area contributed by atoms with Gasteiger partial charge in [0.1, 0.15) is 0 Å². The highest BCUT2D eigenvalue weighted by Crippen LogP contribution is 2.46. The third-order valence-electron chi connectivity index (χ3n) is 2.42. The van der Waals surface area contributed by atoms with Gasteiger partial charge in [-0.15, -0.1) is 0 Å². The third-order valence-corrected chi connectivity index (χ3v) is 2.42. The van der Waals surface area contributed by atoms with Gasteiger partial charge in [0, 0.05) is 5.56 Å². The quantitative estimate of drug-likeness (QED) is 0.837. The molecule has 1 rings (SSSR count). The van der Waals surface area contributed by atoms with Crippen LogP contribution in [0.4, 0.5) is 0 Å². The largest absolute Gasteiger partial charge is 0.493 e. The topological polar surface area (TPSA) is 57.2 Å². The van der Waals surface area contributed by atoms with Crippen molar-refractivity contribution in [2.75, 3.05) is 35.0 Å². The minimum Gasteiger partial charge on any atom is -0.493 e. The second-order valence-electron chi connectivity index (χ2n) is 3.35. The molecule has 0 bridgehead atoms. The number of ether oxygens (including phenoxy) is 4. The van der Waals surface area contributed by atoms with Crippen LogP contribution in [0, 0.1) is 0 Å². The van der Waals surface area contributed by atoms with Crippen molar-refractivity contribution in [3.05, 3.63) is 17.7 Å². The molecule has 1 N–H and O–H groups in total. The van der Waals surface area contributed by atoms with Crippen LogP contribution in [0.25, 0.3) is 6.08 Å². The molecule has 0 heterocycles. The Hall–Kier alpha value is -1.88. The van der Waals surface area contributed by atoms with Gasteiger partial charge >= 0.3 is 0 Å². The average molecular weight is 254 g/mol. The highest BCUT2D eigenvalue weighted by atomic mass is 16.5. The summed E-state index contributed by atoms with van der Waals surface area (Å²) in [4.78, 5) is 0. The van der Waals surface area contributed by atoms with Crippen LogP contribution in [0.5, 0.6) is 23.0 Å². The van der Waals surface area contributed by atoms with Crippen LogP contribution in [-0.2, 0) is 0 Å². The summed E-state index contributed by atoms with van der Waals surface area (Å²) in [5.41, 5.74) is 0.737. The molecule has 0 aromatic heterocycles. The Labute approximate surface area is 107 Å². The summed E-state index contributed by atoms with van der Waals surface area (Å²) in [6, 6.07) is 1.76. The van der Waals surface area contributed by atoms with Crippen molar-refractivity contribution in [1.82, 2.24) is 0 Å². The number of rotatable bonds is 6. The van der Waals surface area contributed by atoms with Gasteiger partial charge in [-0.1, -0.05) is 12.2 Å². The van der Waals surface area contributed by atoms with E-state index in [1.807, 2.05) is 0 Å². The smallest absolute Gasteiger partial charge is 0.207 e. The lowest BCUT2D eigenvalue weighted by Gasteiger charge is -2.17. The zero-order valence-electron chi connectivity index (χ0n) is 11.0. The SMILES string of the molecule is COc1cc(C=CCO)c(OC)c(OC)c1OC. The maximum Gasteiger partial charge on any atom is 0.207 e. The lowest BCUT2D eigenvalue weighted by atomic mass is 10.1. The maximum absolute atomic E-state index is 8.83. The minimum absolute atomic E-state index is 0.0557. The van der Waals surface area contributed by atoms with Gasteiger partial charge in [0.15, 0.2) is 11.5 Å². The lowest BCUT2D eigenvalue weighted by molar-refractivity contribution is 0.305. The summed E-state index contributed by atoms with van der Waals surface area (Å²) in [6.07, 6.45) is 3.33. The van der Waals surface area contributed by atoms with E-state index in [1.165, 1.54) is 14.2 Å². The van der Waals surface area contributed by atoms with Gasteiger partial charge in [0.05, 0.1) is 35.0 Å². The second-order valence-corrected chi connectivity index (χ2v) is 3.35. The molecule has 5 nitrogen and oxygen atoms in total. The summed E-state index contributed by atoms with van der Waals surface area (Å²) < 4.78 is 21.1. The van der Waals surface area contributed by atoms with Crippen molar-refractivity contribution in [2.24, 2.45) is 0 Å². The van der Waals surface area contributed by atoms with Gasteiger partial charge in [0.2, 0.25) is 11.5 Å². The molecule has 0 radical (unpaired) electrons. The summed E-state index contributed by atoms with van der Waals surface area (Å²) in [5.74, 6) is 1.99. The van der Waals surface area contributed by atoms with Crippen molar-refractivity contribution in [3.8, 4) is 23.0 Å². The number of hydrogen-bond donors (Lipinski definition) is 1. The van der Waals surface area contributed by atoms with Gasteiger partial charge in [-0.3, -0.25) is 0 Å².